The fourth-order valence-corrected chi connectivity index (χ4v) is 11.3. The number of carbonyl (C=O) groups is 1. The van der Waals surface area contributed by atoms with Gasteiger partial charge in [-0.25, -0.2) is 4.79 Å². The molecule has 0 amide bonds. The summed E-state index contributed by atoms with van der Waals surface area (Å²) < 4.78 is 24.8. The molecular weight excluding hydrogens is 500 g/mol. The molecule has 4 saturated carbocycles. The highest BCUT2D eigenvalue weighted by Gasteiger charge is 2.69. The van der Waals surface area contributed by atoms with Crippen molar-refractivity contribution in [2.75, 3.05) is 13.7 Å². The Morgan fingerprint density at radius 3 is 2.40 bits per heavy atom. The molecule has 6 aliphatic rings. The average molecular weight is 551 g/mol. The van der Waals surface area contributed by atoms with Crippen molar-refractivity contribution in [1.29, 1.82) is 0 Å². The Morgan fingerprint density at radius 1 is 0.900 bits per heavy atom. The van der Waals surface area contributed by atoms with Crippen LogP contribution in [0.2, 0.25) is 0 Å². The van der Waals surface area contributed by atoms with E-state index in [2.05, 4.69) is 27.7 Å². The molecule has 2 saturated heterocycles. The van der Waals surface area contributed by atoms with Crippen LogP contribution in [0.25, 0.3) is 0 Å². The predicted octanol–water partition coefficient (Wildman–Crippen LogP) is 7.67. The van der Waals surface area contributed by atoms with E-state index in [1.165, 1.54) is 44.9 Å². The second kappa shape index (κ2) is 9.73. The second-order valence-corrected chi connectivity index (χ2v) is 15.2. The molecule has 1 aromatic carbocycles. The van der Waals surface area contributed by atoms with Crippen LogP contribution in [0, 0.1) is 52.3 Å². The number of carbonyl (C=O) groups excluding carboxylic acids is 1. The van der Waals surface area contributed by atoms with Gasteiger partial charge in [0.05, 0.1) is 25.4 Å². The molecule has 0 N–H and O–H groups in total. The molecule has 1 aromatic rings. The zero-order valence-electron chi connectivity index (χ0n) is 25.3. The van der Waals surface area contributed by atoms with Gasteiger partial charge in [-0.1, -0.05) is 27.7 Å². The van der Waals surface area contributed by atoms with Crippen molar-refractivity contribution >= 4 is 5.97 Å². The smallest absolute Gasteiger partial charge is 0.338 e. The van der Waals surface area contributed by atoms with Gasteiger partial charge in [0.25, 0.3) is 0 Å². The minimum atomic E-state index is -0.321. The van der Waals surface area contributed by atoms with Crippen molar-refractivity contribution in [2.45, 2.75) is 110 Å². The lowest BCUT2D eigenvalue weighted by Crippen LogP contribution is -2.55. The fourth-order valence-electron chi connectivity index (χ4n) is 11.3. The molecule has 2 aliphatic heterocycles. The Kier molecular flexibility index (Phi) is 6.63. The predicted molar refractivity (Wildman–Crippen MR) is 154 cm³/mol. The summed E-state index contributed by atoms with van der Waals surface area (Å²) >= 11 is 0. The van der Waals surface area contributed by atoms with Gasteiger partial charge in [-0.15, -0.1) is 0 Å². The van der Waals surface area contributed by atoms with Crippen LogP contribution in [0.5, 0.6) is 5.75 Å². The van der Waals surface area contributed by atoms with Crippen LogP contribution in [-0.2, 0) is 14.2 Å². The van der Waals surface area contributed by atoms with Crippen LogP contribution < -0.4 is 4.74 Å². The maximum absolute atomic E-state index is 12.9. The molecule has 0 aromatic heterocycles. The summed E-state index contributed by atoms with van der Waals surface area (Å²) in [5.41, 5.74) is 1.35. The summed E-state index contributed by atoms with van der Waals surface area (Å²) in [6, 6.07) is 7.28. The highest BCUT2D eigenvalue weighted by atomic mass is 16.7. The summed E-state index contributed by atoms with van der Waals surface area (Å²) in [6.45, 7) is 10.8. The third kappa shape index (κ3) is 4.03. The number of hydrogen-bond donors (Lipinski definition) is 0. The highest BCUT2D eigenvalue weighted by Crippen LogP contribution is 2.71. The largest absolute Gasteiger partial charge is 0.497 e. The second-order valence-electron chi connectivity index (χ2n) is 15.2. The third-order valence-corrected chi connectivity index (χ3v) is 13.5. The normalized spacial score (nSPS) is 49.5. The summed E-state index contributed by atoms with van der Waals surface area (Å²) in [7, 11) is 1.64. The summed E-state index contributed by atoms with van der Waals surface area (Å²) in [5, 5.41) is 0. The van der Waals surface area contributed by atoms with Crippen molar-refractivity contribution in [3.63, 3.8) is 0 Å². The van der Waals surface area contributed by atoms with Crippen LogP contribution in [0.4, 0.5) is 0 Å². The Hall–Kier alpha value is -1.59. The first-order chi connectivity index (χ1) is 19.2. The minimum absolute atomic E-state index is 0.0348. The summed E-state index contributed by atoms with van der Waals surface area (Å²) in [6.07, 6.45) is 12.4. The van der Waals surface area contributed by atoms with E-state index in [0.717, 1.165) is 49.4 Å². The zero-order chi connectivity index (χ0) is 27.9. The Morgan fingerprint density at radius 2 is 1.68 bits per heavy atom. The molecule has 220 valence electrons. The van der Waals surface area contributed by atoms with Crippen LogP contribution in [0.15, 0.2) is 24.3 Å². The average Bonchev–Trinajstić information content (AvgIpc) is 3.40. The van der Waals surface area contributed by atoms with E-state index in [9.17, 15) is 4.79 Å². The van der Waals surface area contributed by atoms with Gasteiger partial charge in [0, 0.05) is 12.3 Å². The molecule has 0 unspecified atom stereocenters. The standard InChI is InChI=1S/C35H50O5/c1-21-12-17-35(38-20-21)22(2)31-30(40-35)19-29-27-11-8-24-18-26(39-32(36)23-6-9-25(37-5)10-7-23)13-15-33(24,3)28(27)14-16-34(29,31)4/h6-7,9-10,21-22,24,26-31H,8,11-20H2,1-5H3/t21-,22-,24+,26+,27+,28+,29+,30-,31+,33-,34-,35-/m0/s1. The minimum Gasteiger partial charge on any atom is -0.497 e. The maximum atomic E-state index is 12.9. The van der Waals surface area contributed by atoms with Crippen LogP contribution >= 0.6 is 0 Å². The quantitative estimate of drug-likeness (QED) is 0.362. The van der Waals surface area contributed by atoms with Crippen LogP contribution in [0.1, 0.15) is 102 Å². The van der Waals surface area contributed by atoms with E-state index in [-0.39, 0.29) is 17.9 Å². The first-order valence-corrected chi connectivity index (χ1v) is 16.3. The van der Waals surface area contributed by atoms with E-state index in [0.29, 0.717) is 46.2 Å². The van der Waals surface area contributed by atoms with Gasteiger partial charge in [0.2, 0.25) is 0 Å². The van der Waals surface area contributed by atoms with E-state index >= 15 is 0 Å². The molecule has 4 aliphatic carbocycles. The van der Waals surface area contributed by atoms with Gasteiger partial charge >= 0.3 is 5.97 Å². The van der Waals surface area contributed by atoms with E-state index in [1.807, 2.05) is 24.3 Å². The van der Waals surface area contributed by atoms with Gasteiger partial charge in [-0.05, 0) is 128 Å². The molecule has 7 rings (SSSR count). The lowest BCUT2D eigenvalue weighted by Gasteiger charge is -2.61. The lowest BCUT2D eigenvalue weighted by molar-refractivity contribution is -0.273. The maximum Gasteiger partial charge on any atom is 0.338 e. The molecule has 5 heteroatoms. The van der Waals surface area contributed by atoms with E-state index in [4.69, 9.17) is 18.9 Å². The molecule has 5 nitrogen and oxygen atoms in total. The number of methoxy groups -OCH3 is 1. The molecule has 2 heterocycles. The first kappa shape index (κ1) is 27.3. The molecule has 1 spiro atoms. The third-order valence-electron chi connectivity index (χ3n) is 13.5. The lowest BCUT2D eigenvalue weighted by atomic mass is 9.44. The Bertz CT molecular complexity index is 1110. The number of ether oxygens (including phenoxy) is 4. The van der Waals surface area contributed by atoms with E-state index < -0.39 is 0 Å². The number of hydrogen-bond acceptors (Lipinski definition) is 5. The van der Waals surface area contributed by atoms with Crippen molar-refractivity contribution < 1.29 is 23.7 Å². The molecule has 12 atom stereocenters. The highest BCUT2D eigenvalue weighted by molar-refractivity contribution is 5.89. The fraction of sp³-hybridized carbons (Fsp3) is 0.800. The van der Waals surface area contributed by atoms with Crippen LogP contribution in [0.3, 0.4) is 0 Å². The molecule has 0 radical (unpaired) electrons. The summed E-state index contributed by atoms with van der Waals surface area (Å²) in [4.78, 5) is 12.9. The zero-order valence-corrected chi connectivity index (χ0v) is 25.3. The van der Waals surface area contributed by atoms with Crippen molar-refractivity contribution in [2.24, 2.45) is 52.3 Å². The van der Waals surface area contributed by atoms with E-state index in [1.54, 1.807) is 7.11 Å². The number of fused-ring (bicyclic) bond motifs is 7. The SMILES string of the molecule is COc1ccc(C(=O)O[C@@H]2CC[C@@]3(C)[C@H](CC[C@@H]4[C@H]3CC[C@]3(C)[C@H]5[C@H](C[C@H]43)O[C@@]3(CC[C@H](C)CO3)[C@H]5C)C2)cc1. The summed E-state index contributed by atoms with van der Waals surface area (Å²) in [5.74, 6) is 5.03. The topological polar surface area (TPSA) is 54.0 Å². The van der Waals surface area contributed by atoms with Gasteiger partial charge in [-0.3, -0.25) is 0 Å². The number of benzene rings is 1. The van der Waals surface area contributed by atoms with Gasteiger partial charge in [-0.2, -0.15) is 0 Å². The van der Waals surface area contributed by atoms with Crippen molar-refractivity contribution in [1.82, 2.24) is 0 Å². The Balaban J connectivity index is 1.03. The molecule has 0 bridgehead atoms. The van der Waals surface area contributed by atoms with Gasteiger partial charge < -0.3 is 18.9 Å². The first-order valence-electron chi connectivity index (χ1n) is 16.3. The van der Waals surface area contributed by atoms with Gasteiger partial charge in [0.15, 0.2) is 5.79 Å². The number of esters is 1. The molecule has 40 heavy (non-hydrogen) atoms. The molecule has 6 fully saturated rings. The van der Waals surface area contributed by atoms with Crippen molar-refractivity contribution in [3.05, 3.63) is 29.8 Å². The van der Waals surface area contributed by atoms with Crippen molar-refractivity contribution in [3.8, 4) is 5.75 Å². The monoisotopic (exact) mass is 550 g/mol. The number of rotatable bonds is 3. The molecular formula is C35H50O5. The van der Waals surface area contributed by atoms with Crippen LogP contribution in [-0.4, -0.2) is 37.7 Å². The van der Waals surface area contributed by atoms with Gasteiger partial charge in [0.1, 0.15) is 11.9 Å². The Labute approximate surface area is 241 Å².